The fourth-order valence-electron chi connectivity index (χ4n) is 2.58. The quantitative estimate of drug-likeness (QED) is 0.833. The highest BCUT2D eigenvalue weighted by Gasteiger charge is 2.20. The molecule has 0 bridgehead atoms. The molecule has 1 aliphatic rings. The zero-order valence-corrected chi connectivity index (χ0v) is 14.0. The van der Waals surface area contributed by atoms with Gasteiger partial charge in [0.05, 0.1) is 0 Å². The molecule has 1 aromatic rings. The van der Waals surface area contributed by atoms with Crippen molar-refractivity contribution in [3.63, 3.8) is 0 Å². The minimum Gasteiger partial charge on any atom is -0.362 e. The fourth-order valence-corrected chi connectivity index (χ4v) is 2.58. The lowest BCUT2D eigenvalue weighted by atomic mass is 10.00. The predicted molar refractivity (Wildman–Crippen MR) is 88.8 cm³/mol. The molecule has 0 radical (unpaired) electrons. The molecule has 0 spiro atoms. The van der Waals surface area contributed by atoms with E-state index >= 15 is 0 Å². The van der Waals surface area contributed by atoms with E-state index in [0.29, 0.717) is 25.6 Å². The summed E-state index contributed by atoms with van der Waals surface area (Å²) < 4.78 is 5.25. The number of benzene rings is 1. The summed E-state index contributed by atoms with van der Waals surface area (Å²) in [6.07, 6.45) is 1.81. The Hall–Kier alpha value is -1.88. The van der Waals surface area contributed by atoms with Crippen molar-refractivity contribution < 1.29 is 14.3 Å². The van der Waals surface area contributed by atoms with E-state index in [-0.39, 0.29) is 25.0 Å². The monoisotopic (exact) mass is 318 g/mol. The van der Waals surface area contributed by atoms with Crippen molar-refractivity contribution in [1.82, 2.24) is 10.2 Å². The number of amides is 2. The largest absolute Gasteiger partial charge is 0.362 e. The molecule has 1 aromatic carbocycles. The molecule has 126 valence electrons. The second-order valence-corrected chi connectivity index (χ2v) is 6.36. The van der Waals surface area contributed by atoms with Crippen LogP contribution in [0.15, 0.2) is 24.3 Å². The second-order valence-electron chi connectivity index (χ2n) is 6.36. The number of carbonyl (C=O) groups excluding carboxylic acids is 2. The Bertz CT molecular complexity index is 543. The van der Waals surface area contributed by atoms with Crippen molar-refractivity contribution in [1.29, 1.82) is 0 Å². The molecule has 0 atom stereocenters. The third-order valence-electron chi connectivity index (χ3n) is 3.99. The van der Waals surface area contributed by atoms with Gasteiger partial charge in [0, 0.05) is 19.6 Å². The maximum absolute atomic E-state index is 12.2. The summed E-state index contributed by atoms with van der Waals surface area (Å²) in [4.78, 5) is 25.5. The van der Waals surface area contributed by atoms with Crippen molar-refractivity contribution in [2.24, 2.45) is 5.92 Å². The van der Waals surface area contributed by atoms with E-state index in [4.69, 9.17) is 4.74 Å². The second kappa shape index (κ2) is 8.67. The Kier molecular flexibility index (Phi) is 6.59. The summed E-state index contributed by atoms with van der Waals surface area (Å²) >= 11 is 0. The van der Waals surface area contributed by atoms with Gasteiger partial charge < -0.3 is 15.0 Å². The molecule has 1 heterocycles. The van der Waals surface area contributed by atoms with E-state index in [0.717, 1.165) is 12.8 Å². The van der Waals surface area contributed by atoms with Gasteiger partial charge in [-0.1, -0.05) is 38.1 Å². The van der Waals surface area contributed by atoms with E-state index in [1.807, 2.05) is 12.1 Å². The molecule has 0 fully saturated rings. The molecule has 0 saturated heterocycles. The van der Waals surface area contributed by atoms with Crippen molar-refractivity contribution in [2.75, 3.05) is 26.3 Å². The Morgan fingerprint density at radius 1 is 1.22 bits per heavy atom. The number of nitrogens with one attached hydrogen (secondary N) is 1. The van der Waals surface area contributed by atoms with Gasteiger partial charge in [-0.15, -0.1) is 0 Å². The zero-order chi connectivity index (χ0) is 16.7. The van der Waals surface area contributed by atoms with Crippen molar-refractivity contribution >= 4 is 11.8 Å². The maximum Gasteiger partial charge on any atom is 0.248 e. The third kappa shape index (κ3) is 5.67. The molecule has 0 saturated carbocycles. The number of hydrogen-bond acceptors (Lipinski definition) is 3. The maximum atomic E-state index is 12.2. The summed E-state index contributed by atoms with van der Waals surface area (Å²) in [5, 5.41) is 2.79. The van der Waals surface area contributed by atoms with Gasteiger partial charge in [0.15, 0.2) is 0 Å². The number of ether oxygens (including phenoxy) is 1. The number of hydrogen-bond donors (Lipinski definition) is 1. The average molecular weight is 318 g/mol. The molecular formula is C18H26N2O3. The lowest BCUT2D eigenvalue weighted by molar-refractivity contribution is -0.139. The average Bonchev–Trinajstić information content (AvgIpc) is 2.54. The Labute approximate surface area is 138 Å². The van der Waals surface area contributed by atoms with Crippen LogP contribution in [0, 0.1) is 5.92 Å². The summed E-state index contributed by atoms with van der Waals surface area (Å²) in [6.45, 7) is 6.10. The number of carbonyl (C=O) groups is 2. The summed E-state index contributed by atoms with van der Waals surface area (Å²) in [5.74, 6) is 0.330. The van der Waals surface area contributed by atoms with Gasteiger partial charge >= 0.3 is 0 Å². The van der Waals surface area contributed by atoms with Crippen LogP contribution >= 0.6 is 0 Å². The summed E-state index contributed by atoms with van der Waals surface area (Å²) in [6, 6.07) is 8.18. The topological polar surface area (TPSA) is 58.6 Å². The molecule has 2 rings (SSSR count). The van der Waals surface area contributed by atoms with Crippen LogP contribution in [0.3, 0.4) is 0 Å². The van der Waals surface area contributed by atoms with Gasteiger partial charge in [0.25, 0.3) is 0 Å². The minimum atomic E-state index is -0.164. The molecule has 5 heteroatoms. The van der Waals surface area contributed by atoms with E-state index in [1.54, 1.807) is 4.90 Å². The van der Waals surface area contributed by atoms with E-state index < -0.39 is 0 Å². The first-order chi connectivity index (χ1) is 11.1. The lowest BCUT2D eigenvalue weighted by Crippen LogP contribution is -2.39. The molecule has 23 heavy (non-hydrogen) atoms. The minimum absolute atomic E-state index is 0.0419. The van der Waals surface area contributed by atoms with Gasteiger partial charge in [-0.2, -0.15) is 0 Å². The normalized spacial score (nSPS) is 13.8. The van der Waals surface area contributed by atoms with Crippen LogP contribution in [0.5, 0.6) is 0 Å². The smallest absolute Gasteiger partial charge is 0.248 e. The number of rotatable bonds is 7. The van der Waals surface area contributed by atoms with Crippen LogP contribution in [-0.2, 0) is 27.3 Å². The molecule has 0 aromatic heterocycles. The number of fused-ring (bicyclic) bond motifs is 1. The van der Waals surface area contributed by atoms with Gasteiger partial charge in [-0.05, 0) is 29.9 Å². The van der Waals surface area contributed by atoms with E-state index in [1.165, 1.54) is 11.1 Å². The van der Waals surface area contributed by atoms with E-state index in [2.05, 4.69) is 31.3 Å². The first-order valence-corrected chi connectivity index (χ1v) is 8.25. The Morgan fingerprint density at radius 2 is 1.96 bits per heavy atom. The predicted octanol–water partition coefficient (Wildman–Crippen LogP) is 1.75. The molecule has 0 unspecified atom stereocenters. The molecule has 0 aliphatic carbocycles. The van der Waals surface area contributed by atoms with Gasteiger partial charge in [0.2, 0.25) is 11.8 Å². The van der Waals surface area contributed by atoms with Gasteiger partial charge in [0.1, 0.15) is 13.2 Å². The van der Waals surface area contributed by atoms with Gasteiger partial charge in [-0.25, -0.2) is 0 Å². The summed E-state index contributed by atoms with van der Waals surface area (Å²) in [7, 11) is 0. The molecule has 5 nitrogen and oxygen atoms in total. The van der Waals surface area contributed by atoms with E-state index in [9.17, 15) is 9.59 Å². The van der Waals surface area contributed by atoms with Crippen molar-refractivity contribution in [3.05, 3.63) is 35.4 Å². The zero-order valence-electron chi connectivity index (χ0n) is 14.0. The van der Waals surface area contributed by atoms with Crippen molar-refractivity contribution in [2.45, 2.75) is 33.2 Å². The standard InChI is InChI=1S/C18H26N2O3/c1-14(2)7-9-19-17(21)12-23-13-18(22)20-10-8-15-5-3-4-6-16(15)11-20/h3-6,14H,7-13H2,1-2H3,(H,19,21). The molecule has 2 amide bonds. The van der Waals surface area contributed by atoms with Gasteiger partial charge in [-0.3, -0.25) is 9.59 Å². The highest BCUT2D eigenvalue weighted by Crippen LogP contribution is 2.18. The first kappa shape index (κ1) is 17.5. The SMILES string of the molecule is CC(C)CCNC(=O)COCC(=O)N1CCc2ccccc2C1. The van der Waals surface area contributed by atoms with Crippen LogP contribution in [-0.4, -0.2) is 43.0 Å². The van der Waals surface area contributed by atoms with Crippen LogP contribution in [0.2, 0.25) is 0 Å². The number of nitrogens with zero attached hydrogens (tertiary/aromatic N) is 1. The molecule has 1 N–H and O–H groups in total. The van der Waals surface area contributed by atoms with Crippen LogP contribution in [0.4, 0.5) is 0 Å². The third-order valence-corrected chi connectivity index (χ3v) is 3.99. The first-order valence-electron chi connectivity index (χ1n) is 8.25. The highest BCUT2D eigenvalue weighted by atomic mass is 16.5. The summed E-state index contributed by atoms with van der Waals surface area (Å²) in [5.41, 5.74) is 2.50. The molecule has 1 aliphatic heterocycles. The van der Waals surface area contributed by atoms with Crippen molar-refractivity contribution in [3.8, 4) is 0 Å². The van der Waals surface area contributed by atoms with Crippen LogP contribution in [0.1, 0.15) is 31.4 Å². The molecular weight excluding hydrogens is 292 g/mol. The highest BCUT2D eigenvalue weighted by molar-refractivity contribution is 5.79. The lowest BCUT2D eigenvalue weighted by Gasteiger charge is -2.28. The Morgan fingerprint density at radius 3 is 2.70 bits per heavy atom. The van der Waals surface area contributed by atoms with Crippen LogP contribution in [0.25, 0.3) is 0 Å². The Balaban J connectivity index is 1.67. The fraction of sp³-hybridized carbons (Fsp3) is 0.556. The van der Waals surface area contributed by atoms with Crippen LogP contribution < -0.4 is 5.32 Å².